The van der Waals surface area contributed by atoms with Crippen molar-refractivity contribution in [2.24, 2.45) is 0 Å². The van der Waals surface area contributed by atoms with Crippen LogP contribution in [0.2, 0.25) is 0 Å². The van der Waals surface area contributed by atoms with Crippen molar-refractivity contribution in [3.05, 3.63) is 94.5 Å². The van der Waals surface area contributed by atoms with Crippen LogP contribution in [-0.4, -0.2) is 43.8 Å². The van der Waals surface area contributed by atoms with Crippen LogP contribution in [0.5, 0.6) is 0 Å². The van der Waals surface area contributed by atoms with E-state index in [-0.39, 0.29) is 23.4 Å². The highest BCUT2D eigenvalue weighted by Crippen LogP contribution is 2.27. The Morgan fingerprint density at radius 2 is 1.41 bits per heavy atom. The zero-order valence-corrected chi connectivity index (χ0v) is 24.7. The molecule has 0 saturated carbocycles. The number of hydrogen-bond donors (Lipinski definition) is 1. The van der Waals surface area contributed by atoms with Crippen molar-refractivity contribution in [2.45, 2.75) is 72.0 Å². The van der Waals surface area contributed by atoms with Gasteiger partial charge < -0.3 is 10.2 Å². The lowest BCUT2D eigenvalue weighted by Crippen LogP contribution is -2.52. The fourth-order valence-electron chi connectivity index (χ4n) is 4.46. The van der Waals surface area contributed by atoms with Crippen LogP contribution >= 0.6 is 0 Å². The average molecular weight is 550 g/mol. The lowest BCUT2D eigenvalue weighted by Gasteiger charge is -2.32. The molecule has 0 fully saturated rings. The van der Waals surface area contributed by atoms with Crippen molar-refractivity contribution >= 4 is 27.5 Å². The van der Waals surface area contributed by atoms with Crippen LogP contribution in [-0.2, 0) is 26.2 Å². The number of carbonyl (C=O) groups excluding carboxylic acids is 2. The minimum atomic E-state index is -4.09. The highest BCUT2D eigenvalue weighted by atomic mass is 32.2. The van der Waals surface area contributed by atoms with Gasteiger partial charge in [-0.05, 0) is 89.4 Å². The van der Waals surface area contributed by atoms with Crippen LogP contribution in [0.25, 0.3) is 0 Å². The van der Waals surface area contributed by atoms with E-state index in [1.54, 1.807) is 43.3 Å². The first-order valence-electron chi connectivity index (χ1n) is 13.1. The van der Waals surface area contributed by atoms with Gasteiger partial charge in [-0.3, -0.25) is 13.9 Å². The molecular weight excluding hydrogens is 510 g/mol. The largest absolute Gasteiger partial charge is 0.352 e. The molecule has 1 N–H and O–H groups in total. The molecule has 0 saturated heterocycles. The fourth-order valence-corrected chi connectivity index (χ4v) is 5.85. The van der Waals surface area contributed by atoms with Gasteiger partial charge in [0.25, 0.3) is 10.0 Å². The molecule has 8 heteroatoms. The first kappa shape index (κ1) is 29.9. The number of hydrogen-bond acceptors (Lipinski definition) is 4. The van der Waals surface area contributed by atoms with Crippen LogP contribution < -0.4 is 9.62 Å². The number of carbonyl (C=O) groups is 2. The summed E-state index contributed by atoms with van der Waals surface area (Å²) in [5.41, 5.74) is 4.96. The third-order valence-electron chi connectivity index (χ3n) is 6.42. The average Bonchev–Trinajstić information content (AvgIpc) is 2.84. The molecule has 0 radical (unpaired) electrons. The van der Waals surface area contributed by atoms with Crippen LogP contribution in [0.4, 0.5) is 5.69 Å². The molecule has 0 heterocycles. The van der Waals surface area contributed by atoms with Gasteiger partial charge in [0.2, 0.25) is 11.8 Å². The Morgan fingerprint density at radius 3 is 1.97 bits per heavy atom. The standard InChI is InChI=1S/C31H39N3O4S/c1-21(2)32-31(36)26(7)33(19-27-10-8-9-23(4)16-27)30(35)20-34(28-17-24(5)15-25(6)18-28)39(37,38)29-13-11-22(3)12-14-29/h8-18,21,26H,19-20H2,1-7H3,(H,32,36)/t26-/m0/s1. The van der Waals surface area contributed by atoms with E-state index >= 15 is 0 Å². The molecule has 39 heavy (non-hydrogen) atoms. The van der Waals surface area contributed by atoms with Crippen LogP contribution in [0, 0.1) is 27.7 Å². The maximum absolute atomic E-state index is 14.0. The van der Waals surface area contributed by atoms with Crippen molar-refractivity contribution in [1.29, 1.82) is 0 Å². The summed E-state index contributed by atoms with van der Waals surface area (Å²) in [6.07, 6.45) is 0. The number of amides is 2. The Kier molecular flexibility index (Phi) is 9.56. The summed E-state index contributed by atoms with van der Waals surface area (Å²) < 4.78 is 29.1. The van der Waals surface area contributed by atoms with E-state index in [1.165, 1.54) is 4.90 Å². The molecule has 0 spiro atoms. The topological polar surface area (TPSA) is 86.8 Å². The van der Waals surface area contributed by atoms with E-state index in [9.17, 15) is 18.0 Å². The van der Waals surface area contributed by atoms with E-state index in [2.05, 4.69) is 5.32 Å². The van der Waals surface area contributed by atoms with Gasteiger partial charge in [0.1, 0.15) is 12.6 Å². The first-order chi connectivity index (χ1) is 18.3. The molecular formula is C31H39N3O4S. The monoisotopic (exact) mass is 549 g/mol. The SMILES string of the molecule is Cc1ccc(S(=O)(=O)N(CC(=O)N(Cc2cccc(C)c2)[C@@H](C)C(=O)NC(C)C)c2cc(C)cc(C)c2)cc1. The Labute approximate surface area is 232 Å². The Hall–Kier alpha value is -3.65. The molecule has 1 atom stereocenters. The molecule has 0 aromatic heterocycles. The van der Waals surface area contributed by atoms with E-state index in [0.29, 0.717) is 5.69 Å². The predicted molar refractivity (Wildman–Crippen MR) is 156 cm³/mol. The summed E-state index contributed by atoms with van der Waals surface area (Å²) >= 11 is 0. The molecule has 3 rings (SSSR count). The second kappa shape index (κ2) is 12.5. The number of sulfonamides is 1. The summed E-state index contributed by atoms with van der Waals surface area (Å²) in [6, 6.07) is 18.8. The predicted octanol–water partition coefficient (Wildman–Crippen LogP) is 5.06. The summed E-state index contributed by atoms with van der Waals surface area (Å²) in [5.74, 6) is -0.775. The molecule has 0 aliphatic carbocycles. The third kappa shape index (κ3) is 7.69. The second-order valence-electron chi connectivity index (χ2n) is 10.5. The lowest BCUT2D eigenvalue weighted by molar-refractivity contribution is -0.139. The fraction of sp³-hybridized carbons (Fsp3) is 0.355. The molecule has 2 amide bonds. The molecule has 0 aliphatic rings. The van der Waals surface area contributed by atoms with Gasteiger partial charge in [-0.25, -0.2) is 8.42 Å². The highest BCUT2D eigenvalue weighted by molar-refractivity contribution is 7.92. The van der Waals surface area contributed by atoms with Gasteiger partial charge in [0.05, 0.1) is 10.6 Å². The van der Waals surface area contributed by atoms with Crippen LogP contribution in [0.15, 0.2) is 71.6 Å². The molecule has 0 aliphatic heterocycles. The zero-order valence-electron chi connectivity index (χ0n) is 23.9. The van der Waals surface area contributed by atoms with Gasteiger partial charge >= 0.3 is 0 Å². The maximum atomic E-state index is 14.0. The third-order valence-corrected chi connectivity index (χ3v) is 8.20. The molecule has 3 aromatic rings. The van der Waals surface area contributed by atoms with E-state index in [1.807, 2.05) is 71.9 Å². The lowest BCUT2D eigenvalue weighted by atomic mass is 10.1. The normalized spacial score (nSPS) is 12.2. The Bertz CT molecular complexity index is 1410. The van der Waals surface area contributed by atoms with Crippen molar-refractivity contribution in [2.75, 3.05) is 10.8 Å². The van der Waals surface area contributed by atoms with Crippen LogP contribution in [0.3, 0.4) is 0 Å². The molecule has 208 valence electrons. The van der Waals surface area contributed by atoms with E-state index in [0.717, 1.165) is 32.1 Å². The van der Waals surface area contributed by atoms with Crippen molar-refractivity contribution in [3.8, 4) is 0 Å². The number of rotatable bonds is 10. The number of aryl methyl sites for hydroxylation is 4. The van der Waals surface area contributed by atoms with Gasteiger partial charge in [-0.15, -0.1) is 0 Å². The molecule has 7 nitrogen and oxygen atoms in total. The summed E-state index contributed by atoms with van der Waals surface area (Å²) in [6.45, 7) is 12.7. The minimum absolute atomic E-state index is 0.0934. The summed E-state index contributed by atoms with van der Waals surface area (Å²) in [7, 11) is -4.09. The summed E-state index contributed by atoms with van der Waals surface area (Å²) in [5, 5.41) is 2.87. The number of anilines is 1. The van der Waals surface area contributed by atoms with Crippen molar-refractivity contribution in [1.82, 2.24) is 10.2 Å². The number of benzene rings is 3. The highest BCUT2D eigenvalue weighted by Gasteiger charge is 2.32. The molecule has 3 aromatic carbocycles. The Balaban J connectivity index is 2.07. The number of nitrogens with one attached hydrogen (secondary N) is 1. The maximum Gasteiger partial charge on any atom is 0.264 e. The summed E-state index contributed by atoms with van der Waals surface area (Å²) in [4.78, 5) is 28.5. The first-order valence-corrected chi connectivity index (χ1v) is 14.5. The van der Waals surface area contributed by atoms with Gasteiger partial charge in [-0.1, -0.05) is 53.6 Å². The van der Waals surface area contributed by atoms with Crippen LogP contribution in [0.1, 0.15) is 48.6 Å². The number of nitrogens with zero attached hydrogens (tertiary/aromatic N) is 2. The Morgan fingerprint density at radius 1 is 0.795 bits per heavy atom. The zero-order chi connectivity index (χ0) is 28.9. The van der Waals surface area contributed by atoms with Gasteiger partial charge in [-0.2, -0.15) is 0 Å². The van der Waals surface area contributed by atoms with Crippen molar-refractivity contribution < 1.29 is 18.0 Å². The second-order valence-corrected chi connectivity index (χ2v) is 12.4. The van der Waals surface area contributed by atoms with Crippen molar-refractivity contribution in [3.63, 3.8) is 0 Å². The van der Waals surface area contributed by atoms with E-state index in [4.69, 9.17) is 0 Å². The quantitative estimate of drug-likeness (QED) is 0.383. The minimum Gasteiger partial charge on any atom is -0.352 e. The van der Waals surface area contributed by atoms with Gasteiger partial charge in [0.15, 0.2) is 0 Å². The molecule has 0 unspecified atom stereocenters. The van der Waals surface area contributed by atoms with E-state index < -0.39 is 28.5 Å². The molecule has 0 bridgehead atoms. The van der Waals surface area contributed by atoms with Gasteiger partial charge in [0, 0.05) is 12.6 Å². The smallest absolute Gasteiger partial charge is 0.264 e.